The van der Waals surface area contributed by atoms with Crippen LogP contribution in [0.3, 0.4) is 0 Å². The highest BCUT2D eigenvalue weighted by Gasteiger charge is 2.30. The molecule has 1 fully saturated rings. The number of nitrogens with one attached hydrogen (secondary N) is 1. The molecule has 0 unspecified atom stereocenters. The standard InChI is InChI=1S/C19H17ClF3N3O2/c20-15-3-1-2-13(12-15)17(27)25-8-10-26(11-9-25)18(28)24-16-6-4-14(5-7-16)19(21,22)23/h1-7,12H,8-11H2,(H,24,28). The number of piperazine rings is 1. The summed E-state index contributed by atoms with van der Waals surface area (Å²) in [6, 6.07) is 10.5. The summed E-state index contributed by atoms with van der Waals surface area (Å²) in [5, 5.41) is 3.04. The Labute approximate surface area is 164 Å². The molecule has 2 aromatic rings. The Balaban J connectivity index is 1.54. The minimum Gasteiger partial charge on any atom is -0.335 e. The summed E-state index contributed by atoms with van der Waals surface area (Å²) in [5.74, 6) is -0.162. The first-order chi connectivity index (χ1) is 13.2. The number of amides is 3. The largest absolute Gasteiger partial charge is 0.416 e. The van der Waals surface area contributed by atoms with Gasteiger partial charge in [-0.3, -0.25) is 4.79 Å². The van der Waals surface area contributed by atoms with Crippen molar-refractivity contribution < 1.29 is 22.8 Å². The molecule has 1 heterocycles. The Morgan fingerprint density at radius 2 is 1.54 bits per heavy atom. The van der Waals surface area contributed by atoms with Gasteiger partial charge in [0, 0.05) is 42.5 Å². The van der Waals surface area contributed by atoms with Gasteiger partial charge in [-0.25, -0.2) is 4.79 Å². The number of urea groups is 1. The lowest BCUT2D eigenvalue weighted by atomic mass is 10.2. The summed E-state index contributed by atoms with van der Waals surface area (Å²) >= 11 is 5.91. The zero-order valence-corrected chi connectivity index (χ0v) is 15.4. The van der Waals surface area contributed by atoms with Crippen molar-refractivity contribution in [3.63, 3.8) is 0 Å². The fraction of sp³-hybridized carbons (Fsp3) is 0.263. The highest BCUT2D eigenvalue weighted by molar-refractivity contribution is 6.30. The topological polar surface area (TPSA) is 52.7 Å². The average Bonchev–Trinajstić information content (AvgIpc) is 2.67. The molecule has 0 aliphatic carbocycles. The van der Waals surface area contributed by atoms with Crippen molar-refractivity contribution in [2.24, 2.45) is 0 Å². The monoisotopic (exact) mass is 411 g/mol. The van der Waals surface area contributed by atoms with Gasteiger partial charge in [-0.1, -0.05) is 17.7 Å². The van der Waals surface area contributed by atoms with Gasteiger partial charge in [-0.2, -0.15) is 13.2 Å². The molecule has 1 aliphatic heterocycles. The molecule has 0 radical (unpaired) electrons. The number of carbonyl (C=O) groups excluding carboxylic acids is 2. The van der Waals surface area contributed by atoms with Crippen molar-refractivity contribution in [1.29, 1.82) is 0 Å². The van der Waals surface area contributed by atoms with Crippen LogP contribution in [0.2, 0.25) is 5.02 Å². The van der Waals surface area contributed by atoms with E-state index in [1.165, 1.54) is 17.0 Å². The highest BCUT2D eigenvalue weighted by atomic mass is 35.5. The number of alkyl halides is 3. The molecule has 3 amide bonds. The van der Waals surface area contributed by atoms with Gasteiger partial charge in [0.05, 0.1) is 5.56 Å². The molecular formula is C19H17ClF3N3O2. The van der Waals surface area contributed by atoms with Crippen LogP contribution < -0.4 is 5.32 Å². The zero-order chi connectivity index (χ0) is 20.3. The van der Waals surface area contributed by atoms with Crippen LogP contribution in [-0.4, -0.2) is 47.9 Å². The molecule has 2 aromatic carbocycles. The number of hydrogen-bond acceptors (Lipinski definition) is 2. The number of rotatable bonds is 2. The van der Waals surface area contributed by atoms with E-state index in [2.05, 4.69) is 5.32 Å². The molecule has 0 spiro atoms. The van der Waals surface area contributed by atoms with E-state index in [9.17, 15) is 22.8 Å². The molecule has 9 heteroatoms. The maximum atomic E-state index is 12.6. The van der Waals surface area contributed by atoms with Crippen LogP contribution >= 0.6 is 11.6 Å². The molecule has 0 atom stereocenters. The molecular weight excluding hydrogens is 395 g/mol. The lowest BCUT2D eigenvalue weighted by Crippen LogP contribution is -2.51. The van der Waals surface area contributed by atoms with E-state index in [0.717, 1.165) is 12.1 Å². The van der Waals surface area contributed by atoms with Crippen LogP contribution in [0, 0.1) is 0 Å². The van der Waals surface area contributed by atoms with E-state index in [0.29, 0.717) is 36.8 Å². The van der Waals surface area contributed by atoms with Crippen LogP contribution in [0.4, 0.5) is 23.7 Å². The first-order valence-electron chi connectivity index (χ1n) is 8.52. The summed E-state index contributed by atoms with van der Waals surface area (Å²) in [5.41, 5.74) is -0.0239. The van der Waals surface area contributed by atoms with Gasteiger partial charge in [0.15, 0.2) is 0 Å². The molecule has 0 bridgehead atoms. The molecule has 0 aromatic heterocycles. The van der Waals surface area contributed by atoms with Crippen LogP contribution in [0.15, 0.2) is 48.5 Å². The summed E-state index contributed by atoms with van der Waals surface area (Å²) in [6.45, 7) is 1.34. The number of halogens is 4. The lowest BCUT2D eigenvalue weighted by Gasteiger charge is -2.34. The minimum atomic E-state index is -4.42. The van der Waals surface area contributed by atoms with E-state index < -0.39 is 17.8 Å². The van der Waals surface area contributed by atoms with Crippen LogP contribution in [0.5, 0.6) is 0 Å². The molecule has 3 rings (SSSR count). The zero-order valence-electron chi connectivity index (χ0n) is 14.7. The van der Waals surface area contributed by atoms with Gasteiger partial charge < -0.3 is 15.1 Å². The Kier molecular flexibility index (Phi) is 5.79. The number of carbonyl (C=O) groups is 2. The average molecular weight is 412 g/mol. The van der Waals surface area contributed by atoms with Crippen molar-refractivity contribution in [1.82, 2.24) is 9.80 Å². The van der Waals surface area contributed by atoms with Gasteiger partial charge in [-0.05, 0) is 42.5 Å². The predicted octanol–water partition coefficient (Wildman–Crippen LogP) is 4.35. The van der Waals surface area contributed by atoms with Gasteiger partial charge in [-0.15, -0.1) is 0 Å². The maximum Gasteiger partial charge on any atom is 0.416 e. The lowest BCUT2D eigenvalue weighted by molar-refractivity contribution is -0.137. The first-order valence-corrected chi connectivity index (χ1v) is 8.90. The van der Waals surface area contributed by atoms with Crippen LogP contribution in [0.1, 0.15) is 15.9 Å². The fourth-order valence-corrected chi connectivity index (χ4v) is 3.05. The Bertz CT molecular complexity index is 863. The maximum absolute atomic E-state index is 12.6. The Morgan fingerprint density at radius 3 is 2.11 bits per heavy atom. The smallest absolute Gasteiger partial charge is 0.335 e. The van der Waals surface area contributed by atoms with Gasteiger partial charge in [0.2, 0.25) is 0 Å². The molecule has 1 N–H and O–H groups in total. The Hall–Kier alpha value is -2.74. The van der Waals surface area contributed by atoms with E-state index in [-0.39, 0.29) is 11.6 Å². The highest BCUT2D eigenvalue weighted by Crippen LogP contribution is 2.29. The van der Waals surface area contributed by atoms with E-state index in [4.69, 9.17) is 11.6 Å². The second-order valence-corrected chi connectivity index (χ2v) is 6.73. The van der Waals surface area contributed by atoms with E-state index >= 15 is 0 Å². The number of hydrogen-bond donors (Lipinski definition) is 1. The number of nitrogens with zero attached hydrogens (tertiary/aromatic N) is 2. The number of anilines is 1. The summed E-state index contributed by atoms with van der Waals surface area (Å²) < 4.78 is 37.8. The van der Waals surface area contributed by atoms with E-state index in [1.807, 2.05) is 0 Å². The van der Waals surface area contributed by atoms with E-state index in [1.54, 1.807) is 29.2 Å². The number of benzene rings is 2. The summed E-state index contributed by atoms with van der Waals surface area (Å²) in [4.78, 5) is 27.9. The Morgan fingerprint density at radius 1 is 0.929 bits per heavy atom. The summed E-state index contributed by atoms with van der Waals surface area (Å²) in [6.07, 6.45) is -4.42. The second-order valence-electron chi connectivity index (χ2n) is 6.29. The van der Waals surface area contributed by atoms with Crippen molar-refractivity contribution in [2.75, 3.05) is 31.5 Å². The van der Waals surface area contributed by atoms with Gasteiger partial charge in [0.25, 0.3) is 5.91 Å². The molecule has 148 valence electrons. The first kappa shape index (κ1) is 20.0. The molecule has 0 saturated carbocycles. The van der Waals surface area contributed by atoms with Gasteiger partial charge in [0.1, 0.15) is 0 Å². The van der Waals surface area contributed by atoms with Crippen LogP contribution in [-0.2, 0) is 6.18 Å². The molecule has 28 heavy (non-hydrogen) atoms. The fourth-order valence-electron chi connectivity index (χ4n) is 2.86. The van der Waals surface area contributed by atoms with Crippen molar-refractivity contribution in [2.45, 2.75) is 6.18 Å². The molecule has 1 saturated heterocycles. The van der Waals surface area contributed by atoms with Gasteiger partial charge >= 0.3 is 12.2 Å². The second kappa shape index (κ2) is 8.10. The van der Waals surface area contributed by atoms with Crippen molar-refractivity contribution in [3.8, 4) is 0 Å². The third-order valence-corrected chi connectivity index (χ3v) is 4.62. The summed E-state index contributed by atoms with van der Waals surface area (Å²) in [7, 11) is 0. The molecule has 1 aliphatic rings. The molecule has 5 nitrogen and oxygen atoms in total. The quantitative estimate of drug-likeness (QED) is 0.798. The third-order valence-electron chi connectivity index (χ3n) is 4.39. The minimum absolute atomic E-state index is 0.162. The van der Waals surface area contributed by atoms with Crippen molar-refractivity contribution >= 4 is 29.2 Å². The normalized spacial score (nSPS) is 14.7. The third kappa shape index (κ3) is 4.75. The van der Waals surface area contributed by atoms with Crippen LogP contribution in [0.25, 0.3) is 0 Å². The SMILES string of the molecule is O=C(Nc1ccc(C(F)(F)F)cc1)N1CCN(C(=O)c2cccc(Cl)c2)CC1. The van der Waals surface area contributed by atoms with Crippen molar-refractivity contribution in [3.05, 3.63) is 64.7 Å². The predicted molar refractivity (Wildman–Crippen MR) is 99.4 cm³/mol.